The van der Waals surface area contributed by atoms with Crippen LogP contribution in [0.4, 0.5) is 0 Å². The summed E-state index contributed by atoms with van der Waals surface area (Å²) in [5.41, 5.74) is 1.35. The SMILES string of the molecule is O=C(O)c1ccccc1-c1nnc(-c2cccc(I)c2)o1. The Bertz CT molecular complexity index is 814. The number of carboxylic acid groups (broad SMARTS) is 1. The van der Waals surface area contributed by atoms with E-state index in [1.807, 2.05) is 24.3 Å². The second kappa shape index (κ2) is 5.65. The first-order chi connectivity index (χ1) is 10.1. The number of hydrogen-bond acceptors (Lipinski definition) is 4. The summed E-state index contributed by atoms with van der Waals surface area (Å²) in [6.07, 6.45) is 0. The van der Waals surface area contributed by atoms with Gasteiger partial charge in [-0.15, -0.1) is 10.2 Å². The summed E-state index contributed by atoms with van der Waals surface area (Å²) in [5, 5.41) is 17.1. The topological polar surface area (TPSA) is 76.2 Å². The van der Waals surface area contributed by atoms with Crippen molar-refractivity contribution in [1.29, 1.82) is 0 Å². The van der Waals surface area contributed by atoms with Crippen molar-refractivity contribution in [2.24, 2.45) is 0 Å². The molecular weight excluding hydrogens is 383 g/mol. The first kappa shape index (κ1) is 13.7. The summed E-state index contributed by atoms with van der Waals surface area (Å²) in [6.45, 7) is 0. The molecule has 21 heavy (non-hydrogen) atoms. The van der Waals surface area contributed by atoms with E-state index in [2.05, 4.69) is 32.8 Å². The Hall–Kier alpha value is -2.22. The molecule has 0 atom stereocenters. The number of aromatic carboxylic acids is 1. The standard InChI is InChI=1S/C15H9IN2O3/c16-10-5-3-4-9(8-10)13-17-18-14(21-13)11-6-1-2-7-12(11)15(19)20/h1-8H,(H,19,20). The summed E-state index contributed by atoms with van der Waals surface area (Å²) in [4.78, 5) is 11.2. The maximum Gasteiger partial charge on any atom is 0.336 e. The number of carbonyl (C=O) groups is 1. The molecule has 0 radical (unpaired) electrons. The normalized spacial score (nSPS) is 10.5. The van der Waals surface area contributed by atoms with Crippen molar-refractivity contribution in [3.63, 3.8) is 0 Å². The van der Waals surface area contributed by atoms with Crippen LogP contribution < -0.4 is 0 Å². The predicted molar refractivity (Wildman–Crippen MR) is 84.8 cm³/mol. The molecule has 0 unspecified atom stereocenters. The molecule has 1 aromatic heterocycles. The lowest BCUT2D eigenvalue weighted by Gasteiger charge is -2.00. The second-order valence-electron chi connectivity index (χ2n) is 4.27. The lowest BCUT2D eigenvalue weighted by atomic mass is 10.1. The molecule has 0 spiro atoms. The van der Waals surface area contributed by atoms with Crippen LogP contribution in [0.25, 0.3) is 22.9 Å². The molecule has 1 N–H and O–H groups in total. The van der Waals surface area contributed by atoms with E-state index >= 15 is 0 Å². The fourth-order valence-corrected chi connectivity index (χ4v) is 2.47. The molecule has 6 heteroatoms. The summed E-state index contributed by atoms with van der Waals surface area (Å²) in [5.74, 6) is -0.467. The van der Waals surface area contributed by atoms with Gasteiger partial charge in [0.2, 0.25) is 11.8 Å². The van der Waals surface area contributed by atoms with Crippen LogP contribution in [0.15, 0.2) is 52.9 Å². The van der Waals surface area contributed by atoms with Crippen LogP contribution in [-0.2, 0) is 0 Å². The van der Waals surface area contributed by atoms with Gasteiger partial charge >= 0.3 is 5.97 Å². The molecule has 3 aromatic rings. The summed E-state index contributed by atoms with van der Waals surface area (Å²) in [7, 11) is 0. The zero-order valence-electron chi connectivity index (χ0n) is 10.7. The van der Waals surface area contributed by atoms with Gasteiger partial charge in [0.05, 0.1) is 11.1 Å². The van der Waals surface area contributed by atoms with E-state index in [1.54, 1.807) is 18.2 Å². The molecular formula is C15H9IN2O3. The molecule has 3 rings (SSSR count). The second-order valence-corrected chi connectivity index (χ2v) is 5.52. The van der Waals surface area contributed by atoms with Gasteiger partial charge in [-0.1, -0.05) is 18.2 Å². The Morgan fingerprint density at radius 1 is 1.05 bits per heavy atom. The van der Waals surface area contributed by atoms with Crippen LogP contribution in [0.5, 0.6) is 0 Å². The van der Waals surface area contributed by atoms with Crippen LogP contribution in [0.3, 0.4) is 0 Å². The maximum atomic E-state index is 11.2. The van der Waals surface area contributed by atoms with E-state index in [1.165, 1.54) is 6.07 Å². The largest absolute Gasteiger partial charge is 0.478 e. The van der Waals surface area contributed by atoms with Crippen molar-refractivity contribution in [3.05, 3.63) is 57.7 Å². The van der Waals surface area contributed by atoms with Gasteiger partial charge in [-0.05, 0) is 52.9 Å². The maximum absolute atomic E-state index is 11.2. The quantitative estimate of drug-likeness (QED) is 0.688. The van der Waals surface area contributed by atoms with Gasteiger partial charge in [-0.25, -0.2) is 4.79 Å². The van der Waals surface area contributed by atoms with Crippen molar-refractivity contribution >= 4 is 28.6 Å². The van der Waals surface area contributed by atoms with Gasteiger partial charge in [-0.2, -0.15) is 0 Å². The van der Waals surface area contributed by atoms with Crippen molar-refractivity contribution in [2.75, 3.05) is 0 Å². The molecule has 0 aliphatic carbocycles. The first-order valence-corrected chi connectivity index (χ1v) is 7.15. The molecule has 0 saturated carbocycles. The Balaban J connectivity index is 2.05. The molecule has 0 saturated heterocycles. The third kappa shape index (κ3) is 2.80. The van der Waals surface area contributed by atoms with Crippen LogP contribution in [0.2, 0.25) is 0 Å². The summed E-state index contributed by atoms with van der Waals surface area (Å²) >= 11 is 2.20. The molecule has 1 heterocycles. The van der Waals surface area contributed by atoms with Crippen molar-refractivity contribution in [2.45, 2.75) is 0 Å². The predicted octanol–water partition coefficient (Wildman–Crippen LogP) is 3.71. The number of nitrogens with zero attached hydrogens (tertiary/aromatic N) is 2. The molecule has 2 aromatic carbocycles. The fraction of sp³-hybridized carbons (Fsp3) is 0. The highest BCUT2D eigenvalue weighted by Crippen LogP contribution is 2.27. The minimum absolute atomic E-state index is 0.135. The zero-order chi connectivity index (χ0) is 14.8. The number of benzene rings is 2. The smallest absolute Gasteiger partial charge is 0.336 e. The average molecular weight is 392 g/mol. The van der Waals surface area contributed by atoms with E-state index in [0.29, 0.717) is 11.5 Å². The number of hydrogen-bond donors (Lipinski definition) is 1. The van der Waals surface area contributed by atoms with Crippen molar-refractivity contribution in [1.82, 2.24) is 10.2 Å². The zero-order valence-corrected chi connectivity index (χ0v) is 12.8. The van der Waals surface area contributed by atoms with Crippen molar-refractivity contribution < 1.29 is 14.3 Å². The van der Waals surface area contributed by atoms with Crippen LogP contribution in [-0.4, -0.2) is 21.3 Å². The van der Waals surface area contributed by atoms with E-state index in [9.17, 15) is 9.90 Å². The highest BCUT2D eigenvalue weighted by molar-refractivity contribution is 14.1. The summed E-state index contributed by atoms with van der Waals surface area (Å²) in [6, 6.07) is 14.2. The molecule has 0 bridgehead atoms. The number of carboxylic acids is 1. The lowest BCUT2D eigenvalue weighted by Crippen LogP contribution is -1.98. The van der Waals surface area contributed by atoms with E-state index in [4.69, 9.17) is 4.42 Å². The number of rotatable bonds is 3. The highest BCUT2D eigenvalue weighted by atomic mass is 127. The molecule has 0 aliphatic heterocycles. The molecule has 104 valence electrons. The number of aromatic nitrogens is 2. The Morgan fingerprint density at radius 2 is 1.81 bits per heavy atom. The van der Waals surface area contributed by atoms with Crippen LogP contribution in [0, 0.1) is 3.57 Å². The molecule has 0 aliphatic rings. The third-order valence-corrected chi connectivity index (χ3v) is 3.56. The fourth-order valence-electron chi connectivity index (χ4n) is 1.93. The molecule has 0 amide bonds. The highest BCUT2D eigenvalue weighted by Gasteiger charge is 2.17. The first-order valence-electron chi connectivity index (χ1n) is 6.07. The lowest BCUT2D eigenvalue weighted by molar-refractivity contribution is 0.0697. The Kier molecular flexibility index (Phi) is 3.70. The van der Waals surface area contributed by atoms with Gasteiger partial charge in [0.1, 0.15) is 0 Å². The third-order valence-electron chi connectivity index (χ3n) is 2.88. The van der Waals surface area contributed by atoms with Gasteiger partial charge < -0.3 is 9.52 Å². The van der Waals surface area contributed by atoms with Gasteiger partial charge in [0.15, 0.2) is 0 Å². The van der Waals surface area contributed by atoms with Gasteiger partial charge in [0.25, 0.3) is 0 Å². The Labute approximate surface area is 133 Å². The summed E-state index contributed by atoms with van der Waals surface area (Å²) < 4.78 is 6.66. The molecule has 5 nitrogen and oxygen atoms in total. The van der Waals surface area contributed by atoms with E-state index in [-0.39, 0.29) is 11.5 Å². The van der Waals surface area contributed by atoms with Gasteiger partial charge in [-0.3, -0.25) is 0 Å². The minimum atomic E-state index is -1.03. The van der Waals surface area contributed by atoms with Crippen molar-refractivity contribution in [3.8, 4) is 22.9 Å². The monoisotopic (exact) mass is 392 g/mol. The molecule has 0 fully saturated rings. The Morgan fingerprint density at radius 3 is 2.57 bits per heavy atom. The minimum Gasteiger partial charge on any atom is -0.478 e. The van der Waals surface area contributed by atoms with Crippen LogP contribution in [0.1, 0.15) is 10.4 Å². The number of halogens is 1. The van der Waals surface area contributed by atoms with E-state index < -0.39 is 5.97 Å². The van der Waals surface area contributed by atoms with Crippen LogP contribution >= 0.6 is 22.6 Å². The van der Waals surface area contributed by atoms with E-state index in [0.717, 1.165) is 9.13 Å². The average Bonchev–Trinajstić information content (AvgIpc) is 2.97. The van der Waals surface area contributed by atoms with Gasteiger partial charge in [0, 0.05) is 9.13 Å².